The van der Waals surface area contributed by atoms with Crippen LogP contribution < -0.4 is 37.2 Å². The monoisotopic (exact) mass is 530 g/mol. The number of hydrogen-bond acceptors (Lipinski definition) is 0. The van der Waals surface area contributed by atoms with Crippen LogP contribution in [-0.2, 0) is 33.6 Å². The van der Waals surface area contributed by atoms with Gasteiger partial charge in [-0.2, -0.15) is 5.57 Å². The molecule has 3 aromatic rings. The molecule has 4 heteroatoms. The van der Waals surface area contributed by atoms with Crippen LogP contribution in [0.5, 0.6) is 0 Å². The summed E-state index contributed by atoms with van der Waals surface area (Å²) in [6, 6.07) is 32.9. The first kappa shape index (κ1) is 31.7. The van der Waals surface area contributed by atoms with Gasteiger partial charge in [-0.3, -0.25) is 0 Å². The molecule has 4 rings (SSSR count). The van der Waals surface area contributed by atoms with Crippen LogP contribution >= 0.6 is 0 Å². The predicted octanol–water partition coefficient (Wildman–Crippen LogP) is -1.53. The number of hydrogen-bond donors (Lipinski definition) is 0. The molecule has 1 aliphatic rings. The minimum atomic E-state index is -0.104. The second-order valence-corrected chi connectivity index (χ2v) is 7.94. The topological polar surface area (TPSA) is 0 Å². The quantitative estimate of drug-likeness (QED) is 0.245. The first-order chi connectivity index (χ1) is 14.3. The standard InChI is InChI=1S/C29H29.3ClH.Ti/c1-2-3-21-29(26-15-9-5-10-16-26,27-17-11-6-12-18-27)28-20-19-25(23-28)22-24-13-7-4-8-14-24;;;;/h4-19H,2-3,20-22H2,1H3;3*1H;/q-1;;;;+4/p-3. The summed E-state index contributed by atoms with van der Waals surface area (Å²) in [4.78, 5) is 0. The molecule has 0 nitrogen and oxygen atoms in total. The fourth-order valence-electron chi connectivity index (χ4n) is 4.58. The van der Waals surface area contributed by atoms with E-state index in [-0.39, 0.29) is 64.4 Å². The molecule has 0 spiro atoms. The molecule has 0 aliphatic heterocycles. The van der Waals surface area contributed by atoms with Crippen molar-refractivity contribution in [2.24, 2.45) is 0 Å². The Balaban J connectivity index is 0.00000256. The summed E-state index contributed by atoms with van der Waals surface area (Å²) < 4.78 is 0. The van der Waals surface area contributed by atoms with Crippen LogP contribution in [0.1, 0.15) is 49.3 Å². The van der Waals surface area contributed by atoms with E-state index in [1.54, 1.807) is 0 Å². The van der Waals surface area contributed by atoms with E-state index in [1.807, 2.05) is 0 Å². The van der Waals surface area contributed by atoms with Crippen molar-refractivity contribution in [1.82, 2.24) is 0 Å². The van der Waals surface area contributed by atoms with Crippen molar-refractivity contribution in [3.63, 3.8) is 0 Å². The summed E-state index contributed by atoms with van der Waals surface area (Å²) in [5.41, 5.74) is 6.75. The van der Waals surface area contributed by atoms with E-state index in [4.69, 9.17) is 0 Å². The van der Waals surface area contributed by atoms with Gasteiger partial charge in [-0.25, -0.2) is 17.7 Å². The van der Waals surface area contributed by atoms with Crippen molar-refractivity contribution in [3.05, 3.63) is 131 Å². The van der Waals surface area contributed by atoms with Crippen LogP contribution in [-0.4, -0.2) is 0 Å². The Morgan fingerprint density at radius 2 is 1.21 bits per heavy atom. The van der Waals surface area contributed by atoms with Gasteiger partial charge in [-0.1, -0.05) is 117 Å². The summed E-state index contributed by atoms with van der Waals surface area (Å²) in [7, 11) is 0. The van der Waals surface area contributed by atoms with Gasteiger partial charge in [-0.05, 0) is 29.5 Å². The van der Waals surface area contributed by atoms with E-state index >= 15 is 0 Å². The van der Waals surface area contributed by atoms with Gasteiger partial charge in [0.25, 0.3) is 0 Å². The average Bonchev–Trinajstić information content (AvgIpc) is 3.25. The average molecular weight is 532 g/mol. The number of benzene rings is 3. The Hall–Kier alpha value is -1.28. The van der Waals surface area contributed by atoms with Crippen LogP contribution in [0.25, 0.3) is 0 Å². The maximum Gasteiger partial charge on any atom is 4.00 e. The number of unbranched alkanes of at least 4 members (excludes halogenated alkanes) is 1. The third-order valence-corrected chi connectivity index (χ3v) is 6.06. The van der Waals surface area contributed by atoms with Crippen LogP contribution in [0.15, 0.2) is 108 Å². The SMILES string of the molecule is CCCCC(C1=[C-]C(Cc2ccccc2)=CC1)(c1ccccc1)c1ccccc1.[Cl-].[Cl-].[Cl-].[Ti+4]. The van der Waals surface area contributed by atoms with Gasteiger partial charge >= 0.3 is 21.7 Å². The Kier molecular flexibility index (Phi) is 15.0. The third kappa shape index (κ3) is 7.35. The van der Waals surface area contributed by atoms with E-state index in [9.17, 15) is 0 Å². The molecular formula is C29H29Cl3Ti. The van der Waals surface area contributed by atoms with E-state index in [0.29, 0.717) is 0 Å². The molecule has 1 aliphatic carbocycles. The summed E-state index contributed by atoms with van der Waals surface area (Å²) in [5, 5.41) is 0. The number of allylic oxidation sites excluding steroid dienone is 4. The fraction of sp³-hybridized carbons (Fsp3) is 0.241. The number of halogens is 3. The third-order valence-electron chi connectivity index (χ3n) is 6.06. The van der Waals surface area contributed by atoms with Gasteiger partial charge in [0.2, 0.25) is 0 Å². The minimum absolute atomic E-state index is 0. The summed E-state index contributed by atoms with van der Waals surface area (Å²) in [6.07, 6.45) is 11.7. The Labute approximate surface area is 233 Å². The zero-order valence-corrected chi connectivity index (χ0v) is 22.7. The number of rotatable bonds is 8. The van der Waals surface area contributed by atoms with Crippen LogP contribution in [0, 0.1) is 6.08 Å². The predicted molar refractivity (Wildman–Crippen MR) is 123 cm³/mol. The van der Waals surface area contributed by atoms with Crippen molar-refractivity contribution >= 4 is 0 Å². The molecule has 0 heterocycles. The molecule has 0 amide bonds. The van der Waals surface area contributed by atoms with Crippen molar-refractivity contribution in [3.8, 4) is 0 Å². The molecule has 170 valence electrons. The second-order valence-electron chi connectivity index (χ2n) is 7.94. The Morgan fingerprint density at radius 1 is 0.727 bits per heavy atom. The molecular weight excluding hydrogens is 503 g/mol. The van der Waals surface area contributed by atoms with Crippen molar-refractivity contribution in [2.45, 2.75) is 44.4 Å². The van der Waals surface area contributed by atoms with E-state index in [2.05, 4.69) is 110 Å². The summed E-state index contributed by atoms with van der Waals surface area (Å²) in [6.45, 7) is 2.28. The smallest absolute Gasteiger partial charge is 1.00 e. The minimum Gasteiger partial charge on any atom is -1.00 e. The molecule has 0 fully saturated rings. The fourth-order valence-corrected chi connectivity index (χ4v) is 4.58. The Morgan fingerprint density at radius 3 is 1.70 bits per heavy atom. The molecule has 0 radical (unpaired) electrons. The molecule has 0 unspecified atom stereocenters. The normalized spacial score (nSPS) is 12.2. The van der Waals surface area contributed by atoms with E-state index < -0.39 is 0 Å². The molecule has 0 bridgehead atoms. The van der Waals surface area contributed by atoms with Gasteiger partial charge in [0.05, 0.1) is 0 Å². The summed E-state index contributed by atoms with van der Waals surface area (Å²) in [5.74, 6) is 0. The van der Waals surface area contributed by atoms with Crippen molar-refractivity contribution in [2.75, 3.05) is 0 Å². The maximum absolute atomic E-state index is 3.86. The molecule has 33 heavy (non-hydrogen) atoms. The van der Waals surface area contributed by atoms with Crippen LogP contribution in [0.2, 0.25) is 0 Å². The van der Waals surface area contributed by atoms with Crippen molar-refractivity contribution < 1.29 is 58.9 Å². The van der Waals surface area contributed by atoms with Crippen LogP contribution in [0.4, 0.5) is 0 Å². The first-order valence-electron chi connectivity index (χ1n) is 10.8. The van der Waals surface area contributed by atoms with Gasteiger partial charge in [0.15, 0.2) is 0 Å². The first-order valence-corrected chi connectivity index (χ1v) is 10.8. The van der Waals surface area contributed by atoms with E-state index in [1.165, 1.54) is 40.7 Å². The molecule has 0 atom stereocenters. The molecule has 0 aromatic heterocycles. The van der Waals surface area contributed by atoms with Crippen molar-refractivity contribution in [1.29, 1.82) is 0 Å². The van der Waals surface area contributed by atoms with Gasteiger partial charge in [0, 0.05) is 5.41 Å². The van der Waals surface area contributed by atoms with Gasteiger partial charge < -0.3 is 37.2 Å². The maximum atomic E-state index is 3.86. The van der Waals surface area contributed by atoms with Gasteiger partial charge in [-0.15, -0.1) is 0 Å². The Bertz CT molecular complexity index is 944. The second kappa shape index (κ2) is 15.6. The molecule has 0 saturated heterocycles. The van der Waals surface area contributed by atoms with E-state index in [0.717, 1.165) is 19.3 Å². The van der Waals surface area contributed by atoms with Gasteiger partial charge in [0.1, 0.15) is 0 Å². The summed E-state index contributed by atoms with van der Waals surface area (Å²) >= 11 is 0. The van der Waals surface area contributed by atoms with Crippen LogP contribution in [0.3, 0.4) is 0 Å². The zero-order valence-electron chi connectivity index (χ0n) is 18.9. The molecule has 0 saturated carbocycles. The molecule has 0 N–H and O–H groups in total. The zero-order chi connectivity index (χ0) is 19.9. The molecule has 3 aromatic carbocycles. The largest absolute Gasteiger partial charge is 4.00 e.